The van der Waals surface area contributed by atoms with Gasteiger partial charge >= 0.3 is 0 Å². The van der Waals surface area contributed by atoms with Crippen molar-refractivity contribution in [1.82, 2.24) is 10.3 Å². The van der Waals surface area contributed by atoms with Crippen molar-refractivity contribution < 1.29 is 4.79 Å². The highest BCUT2D eigenvalue weighted by atomic mass is 16.2. The van der Waals surface area contributed by atoms with Crippen molar-refractivity contribution in [2.45, 2.75) is 18.4 Å². The highest BCUT2D eigenvalue weighted by Gasteiger charge is 2.39. The molecule has 3 rings (SSSR count). The van der Waals surface area contributed by atoms with E-state index in [4.69, 9.17) is 0 Å². The van der Waals surface area contributed by atoms with E-state index in [2.05, 4.69) is 22.4 Å². The van der Waals surface area contributed by atoms with Gasteiger partial charge in [0.25, 0.3) is 5.91 Å². The molecule has 1 fully saturated rings. The number of nitrogens with one attached hydrogen (secondary N) is 2. The fourth-order valence-corrected chi connectivity index (χ4v) is 2.23. The Bertz CT molecular complexity index is 628. The summed E-state index contributed by atoms with van der Waals surface area (Å²) >= 11 is 0. The molecular formula is C15H14N2O2. The van der Waals surface area contributed by atoms with Crippen molar-refractivity contribution in [3.63, 3.8) is 0 Å². The van der Waals surface area contributed by atoms with E-state index in [9.17, 15) is 9.59 Å². The summed E-state index contributed by atoms with van der Waals surface area (Å²) in [5, 5.41) is 2.98. The van der Waals surface area contributed by atoms with Crippen molar-refractivity contribution in [2.75, 3.05) is 0 Å². The van der Waals surface area contributed by atoms with Crippen molar-refractivity contribution in [1.29, 1.82) is 0 Å². The van der Waals surface area contributed by atoms with Gasteiger partial charge in [-0.2, -0.15) is 0 Å². The molecule has 2 N–H and O–H groups in total. The third-order valence-electron chi connectivity index (χ3n) is 3.38. The van der Waals surface area contributed by atoms with Crippen LogP contribution in [0.2, 0.25) is 0 Å². The summed E-state index contributed by atoms with van der Waals surface area (Å²) in [5.74, 6) is 0.271. The van der Waals surface area contributed by atoms with E-state index < -0.39 is 0 Å². The Hall–Kier alpha value is -2.36. The van der Waals surface area contributed by atoms with E-state index in [0.717, 1.165) is 6.42 Å². The predicted molar refractivity (Wildman–Crippen MR) is 72.1 cm³/mol. The number of rotatable bonds is 3. The van der Waals surface area contributed by atoms with Gasteiger partial charge < -0.3 is 10.3 Å². The first-order chi connectivity index (χ1) is 9.24. The van der Waals surface area contributed by atoms with Crippen molar-refractivity contribution in [2.24, 2.45) is 0 Å². The zero-order valence-electron chi connectivity index (χ0n) is 10.3. The Morgan fingerprint density at radius 1 is 1.16 bits per heavy atom. The molecule has 1 amide bonds. The van der Waals surface area contributed by atoms with Crippen molar-refractivity contribution in [3.05, 3.63) is 70.1 Å². The molecule has 0 unspecified atom stereocenters. The van der Waals surface area contributed by atoms with Gasteiger partial charge in [0, 0.05) is 24.2 Å². The number of pyridine rings is 1. The normalized spacial score (nSPS) is 20.8. The van der Waals surface area contributed by atoms with Crippen LogP contribution in [0.25, 0.3) is 0 Å². The molecule has 1 aromatic heterocycles. The van der Waals surface area contributed by atoms with Crippen LogP contribution in [0.1, 0.15) is 28.3 Å². The van der Waals surface area contributed by atoms with Crippen LogP contribution in [0.3, 0.4) is 0 Å². The first-order valence-corrected chi connectivity index (χ1v) is 6.28. The molecule has 4 heteroatoms. The van der Waals surface area contributed by atoms with Crippen molar-refractivity contribution >= 4 is 5.91 Å². The largest absolute Gasteiger partial charge is 0.349 e. The average molecular weight is 254 g/mol. The first-order valence-electron chi connectivity index (χ1n) is 6.28. The number of carbonyl (C=O) groups is 1. The summed E-state index contributed by atoms with van der Waals surface area (Å²) in [6, 6.07) is 13.3. The minimum Gasteiger partial charge on any atom is -0.349 e. The number of benzene rings is 1. The van der Waals surface area contributed by atoms with Gasteiger partial charge in [-0.3, -0.25) is 9.59 Å². The van der Waals surface area contributed by atoms with Gasteiger partial charge in [0.2, 0.25) is 5.56 Å². The lowest BCUT2D eigenvalue weighted by Crippen LogP contribution is -2.27. The maximum absolute atomic E-state index is 12.0. The van der Waals surface area contributed by atoms with E-state index in [1.54, 1.807) is 0 Å². The number of hydrogen-bond acceptors (Lipinski definition) is 2. The number of carbonyl (C=O) groups excluding carboxylic acids is 1. The van der Waals surface area contributed by atoms with Crippen LogP contribution in [-0.4, -0.2) is 16.9 Å². The fraction of sp³-hybridized carbons (Fsp3) is 0.200. The van der Waals surface area contributed by atoms with Crippen molar-refractivity contribution in [3.8, 4) is 0 Å². The lowest BCUT2D eigenvalue weighted by molar-refractivity contribution is 0.0950. The topological polar surface area (TPSA) is 62.0 Å². The summed E-state index contributed by atoms with van der Waals surface area (Å²) in [6.45, 7) is 0. The molecule has 4 nitrogen and oxygen atoms in total. The van der Waals surface area contributed by atoms with Gasteiger partial charge in [0.05, 0.1) is 5.56 Å². The van der Waals surface area contributed by atoms with Crippen LogP contribution in [0.4, 0.5) is 0 Å². The third-order valence-corrected chi connectivity index (χ3v) is 3.38. The van der Waals surface area contributed by atoms with Gasteiger partial charge in [-0.05, 0) is 18.1 Å². The quantitative estimate of drug-likeness (QED) is 0.875. The maximum Gasteiger partial charge on any atom is 0.252 e. The lowest BCUT2D eigenvalue weighted by Gasteiger charge is -2.04. The Balaban J connectivity index is 1.63. The molecule has 1 heterocycles. The second kappa shape index (κ2) is 4.72. The molecule has 96 valence electrons. The van der Waals surface area contributed by atoms with E-state index in [-0.39, 0.29) is 17.5 Å². The zero-order chi connectivity index (χ0) is 13.2. The second-order valence-corrected chi connectivity index (χ2v) is 4.77. The fourth-order valence-electron chi connectivity index (χ4n) is 2.23. The van der Waals surface area contributed by atoms with Gasteiger partial charge in [0.15, 0.2) is 0 Å². The van der Waals surface area contributed by atoms with Gasteiger partial charge in [-0.15, -0.1) is 0 Å². The summed E-state index contributed by atoms with van der Waals surface area (Å²) in [7, 11) is 0. The number of H-pyrrole nitrogens is 1. The van der Waals surface area contributed by atoms with Crippen LogP contribution < -0.4 is 10.9 Å². The van der Waals surface area contributed by atoms with Crippen LogP contribution in [0.5, 0.6) is 0 Å². The highest BCUT2D eigenvalue weighted by molar-refractivity contribution is 5.94. The van der Waals surface area contributed by atoms with Crippen LogP contribution >= 0.6 is 0 Å². The molecule has 0 bridgehead atoms. The Morgan fingerprint density at radius 3 is 2.63 bits per heavy atom. The number of amides is 1. The molecule has 0 aliphatic heterocycles. The molecule has 1 aliphatic carbocycles. The molecule has 1 saturated carbocycles. The molecule has 1 aliphatic rings. The first kappa shape index (κ1) is 11.7. The summed E-state index contributed by atoms with van der Waals surface area (Å²) < 4.78 is 0. The van der Waals surface area contributed by atoms with Gasteiger partial charge in [-0.1, -0.05) is 30.3 Å². The Kier molecular flexibility index (Phi) is 2.91. The minimum atomic E-state index is -0.204. The molecule has 2 atom stereocenters. The van der Waals surface area contributed by atoms with Crippen LogP contribution in [0.15, 0.2) is 53.5 Å². The monoisotopic (exact) mass is 254 g/mol. The second-order valence-electron chi connectivity index (χ2n) is 4.77. The van der Waals surface area contributed by atoms with Crippen LogP contribution in [-0.2, 0) is 0 Å². The number of aromatic nitrogens is 1. The number of aromatic amines is 1. The minimum absolute atomic E-state index is 0.139. The SMILES string of the molecule is O=C(N[C@@H]1C[C@@H]1c1ccccc1)c1ccc(=O)[nH]c1. The maximum atomic E-state index is 12.0. The smallest absolute Gasteiger partial charge is 0.252 e. The summed E-state index contributed by atoms with van der Waals surface area (Å²) in [6.07, 6.45) is 2.41. The van der Waals surface area contributed by atoms with E-state index in [0.29, 0.717) is 11.5 Å². The summed E-state index contributed by atoms with van der Waals surface area (Å²) in [4.78, 5) is 25.4. The van der Waals surface area contributed by atoms with E-state index in [1.165, 1.54) is 23.9 Å². The molecule has 2 aromatic rings. The predicted octanol–water partition coefficient (Wildman–Crippen LogP) is 1.66. The lowest BCUT2D eigenvalue weighted by atomic mass is 10.1. The molecule has 0 spiro atoms. The van der Waals surface area contributed by atoms with Crippen LogP contribution in [0, 0.1) is 0 Å². The van der Waals surface area contributed by atoms with Gasteiger partial charge in [0.1, 0.15) is 0 Å². The Labute approximate surface area is 110 Å². The standard InChI is InChI=1S/C15H14N2O2/c18-14-7-6-11(9-16-14)15(19)17-13-8-12(13)10-4-2-1-3-5-10/h1-7,9,12-13H,8H2,(H,16,18)(H,17,19)/t12-,13-/m1/s1. The zero-order valence-corrected chi connectivity index (χ0v) is 10.3. The van der Waals surface area contributed by atoms with Gasteiger partial charge in [-0.25, -0.2) is 0 Å². The number of hydrogen-bond donors (Lipinski definition) is 2. The molecule has 0 saturated heterocycles. The molecule has 0 radical (unpaired) electrons. The third kappa shape index (κ3) is 2.57. The van der Waals surface area contributed by atoms with E-state index in [1.807, 2.05) is 18.2 Å². The summed E-state index contributed by atoms with van der Waals surface area (Å²) in [5.41, 5.74) is 1.54. The highest BCUT2D eigenvalue weighted by Crippen LogP contribution is 2.40. The molecule has 19 heavy (non-hydrogen) atoms. The average Bonchev–Trinajstić information content (AvgIpc) is 3.20. The Morgan fingerprint density at radius 2 is 1.95 bits per heavy atom. The van der Waals surface area contributed by atoms with E-state index >= 15 is 0 Å². The molecular weight excluding hydrogens is 240 g/mol. The molecule has 1 aromatic carbocycles.